The summed E-state index contributed by atoms with van der Waals surface area (Å²) >= 11 is 0. The second-order valence-corrected chi connectivity index (χ2v) is 3.14. The number of halogens is 3. The van der Waals surface area contributed by atoms with Gasteiger partial charge in [-0.15, -0.1) is 12.4 Å². The molecule has 0 aliphatic heterocycles. The number of rotatable bonds is 3. The molecular weight excluding hydrogens is 244 g/mol. The van der Waals surface area contributed by atoms with E-state index < -0.39 is 24.3 Å². The van der Waals surface area contributed by atoms with Crippen molar-refractivity contribution in [3.8, 4) is 11.5 Å². The molecule has 0 aliphatic carbocycles. The lowest BCUT2D eigenvalue weighted by atomic mass is 10.0. The zero-order chi connectivity index (χ0) is 11.6. The number of aliphatic hydroxyl groups excluding tert-OH is 1. The molecule has 1 rings (SSSR count). The topological polar surface area (TPSA) is 86.7 Å². The van der Waals surface area contributed by atoms with E-state index in [1.54, 1.807) is 0 Å². The summed E-state index contributed by atoms with van der Waals surface area (Å²) in [4.78, 5) is 0. The van der Waals surface area contributed by atoms with Gasteiger partial charge in [0.1, 0.15) is 24.1 Å². The second-order valence-electron chi connectivity index (χ2n) is 3.14. The number of aromatic hydroxyl groups is 2. The second kappa shape index (κ2) is 5.29. The molecule has 0 unspecified atom stereocenters. The highest BCUT2D eigenvalue weighted by Crippen LogP contribution is 2.35. The van der Waals surface area contributed by atoms with Crippen molar-refractivity contribution < 1.29 is 24.1 Å². The molecular formula is C9H12ClF2NO3. The van der Waals surface area contributed by atoms with Gasteiger partial charge in [-0.25, -0.2) is 8.78 Å². The van der Waals surface area contributed by atoms with Crippen LogP contribution < -0.4 is 5.73 Å². The maximum absolute atomic E-state index is 13.0. The highest BCUT2D eigenvalue weighted by molar-refractivity contribution is 5.85. The van der Waals surface area contributed by atoms with E-state index in [4.69, 9.17) is 15.9 Å². The van der Waals surface area contributed by atoms with Crippen LogP contribution in [0.1, 0.15) is 11.6 Å². The smallest absolute Gasteiger partial charge is 0.289 e. The van der Waals surface area contributed by atoms with Crippen LogP contribution in [0.3, 0.4) is 0 Å². The number of phenolic OH excluding ortho intramolecular Hbond substituents is 2. The molecule has 0 fully saturated rings. The number of phenols is 2. The lowest BCUT2D eigenvalue weighted by Gasteiger charge is -2.22. The van der Waals surface area contributed by atoms with E-state index in [-0.39, 0.29) is 23.7 Å². The zero-order valence-electron chi connectivity index (χ0n) is 8.10. The fraction of sp³-hybridized carbons (Fsp3) is 0.333. The SMILES string of the molecule is Cl.N[C@H](c1ccc(O)cc1O)C(F)(F)CO. The molecule has 1 atom stereocenters. The van der Waals surface area contributed by atoms with Gasteiger partial charge in [0.05, 0.1) is 0 Å². The van der Waals surface area contributed by atoms with Gasteiger partial charge in [-0.1, -0.05) is 0 Å². The molecule has 0 spiro atoms. The molecule has 5 N–H and O–H groups in total. The van der Waals surface area contributed by atoms with Crippen molar-refractivity contribution in [1.82, 2.24) is 0 Å². The third-order valence-corrected chi connectivity index (χ3v) is 2.01. The molecule has 0 radical (unpaired) electrons. The molecule has 0 heterocycles. The summed E-state index contributed by atoms with van der Waals surface area (Å²) in [5.74, 6) is -4.31. The standard InChI is InChI=1S/C9H11F2NO3.ClH/c10-9(11,4-13)8(12)6-2-1-5(14)3-7(6)15;/h1-3,8,13-15H,4,12H2;1H/t8-;/m1./s1. The highest BCUT2D eigenvalue weighted by atomic mass is 35.5. The molecule has 0 aromatic heterocycles. The molecule has 0 saturated heterocycles. The molecule has 4 nitrogen and oxygen atoms in total. The van der Waals surface area contributed by atoms with Crippen molar-refractivity contribution in [2.75, 3.05) is 6.61 Å². The number of aliphatic hydroxyl groups is 1. The Morgan fingerprint density at radius 1 is 1.31 bits per heavy atom. The average molecular weight is 256 g/mol. The Balaban J connectivity index is 0.00000225. The number of hydrogen-bond acceptors (Lipinski definition) is 4. The minimum absolute atomic E-state index is 0. The van der Waals surface area contributed by atoms with Crippen LogP contribution in [0, 0.1) is 0 Å². The fourth-order valence-electron chi connectivity index (χ4n) is 1.12. The Morgan fingerprint density at radius 3 is 2.31 bits per heavy atom. The largest absolute Gasteiger partial charge is 0.508 e. The Bertz CT molecular complexity index is 363. The van der Waals surface area contributed by atoms with E-state index in [2.05, 4.69) is 0 Å². The van der Waals surface area contributed by atoms with Crippen LogP contribution in [0.15, 0.2) is 18.2 Å². The quantitative estimate of drug-likeness (QED) is 0.653. The van der Waals surface area contributed by atoms with Crippen molar-refractivity contribution >= 4 is 12.4 Å². The van der Waals surface area contributed by atoms with Gasteiger partial charge < -0.3 is 21.1 Å². The van der Waals surface area contributed by atoms with Crippen LogP contribution in [-0.2, 0) is 0 Å². The van der Waals surface area contributed by atoms with Gasteiger partial charge in [0.25, 0.3) is 5.92 Å². The normalized spacial score (nSPS) is 13.0. The predicted molar refractivity (Wildman–Crippen MR) is 56.0 cm³/mol. The van der Waals surface area contributed by atoms with Gasteiger partial charge in [-0.2, -0.15) is 0 Å². The molecule has 0 amide bonds. The maximum atomic E-state index is 13.0. The van der Waals surface area contributed by atoms with Gasteiger partial charge in [-0.05, 0) is 12.1 Å². The summed E-state index contributed by atoms with van der Waals surface area (Å²) in [5, 5.41) is 26.6. The number of alkyl halides is 2. The van der Waals surface area contributed by atoms with Gasteiger partial charge >= 0.3 is 0 Å². The molecule has 0 bridgehead atoms. The Morgan fingerprint density at radius 2 is 1.88 bits per heavy atom. The van der Waals surface area contributed by atoms with Crippen LogP contribution in [0.2, 0.25) is 0 Å². The van der Waals surface area contributed by atoms with Crippen molar-refractivity contribution in [3.63, 3.8) is 0 Å². The summed E-state index contributed by atoms with van der Waals surface area (Å²) in [7, 11) is 0. The van der Waals surface area contributed by atoms with Gasteiger partial charge in [0.15, 0.2) is 0 Å². The monoisotopic (exact) mass is 255 g/mol. The van der Waals surface area contributed by atoms with E-state index in [0.717, 1.165) is 18.2 Å². The van der Waals surface area contributed by atoms with E-state index >= 15 is 0 Å². The third kappa shape index (κ3) is 2.94. The summed E-state index contributed by atoms with van der Waals surface area (Å²) in [6.45, 7) is -1.41. The Kier molecular flexibility index (Phi) is 4.92. The minimum Gasteiger partial charge on any atom is -0.508 e. The summed E-state index contributed by atoms with van der Waals surface area (Å²) < 4.78 is 25.9. The van der Waals surface area contributed by atoms with Crippen molar-refractivity contribution in [1.29, 1.82) is 0 Å². The van der Waals surface area contributed by atoms with Gasteiger partial charge in [0.2, 0.25) is 0 Å². The van der Waals surface area contributed by atoms with E-state index in [9.17, 15) is 13.9 Å². The van der Waals surface area contributed by atoms with Gasteiger partial charge in [-0.3, -0.25) is 0 Å². The molecule has 7 heteroatoms. The fourth-order valence-corrected chi connectivity index (χ4v) is 1.12. The number of hydrogen-bond donors (Lipinski definition) is 4. The van der Waals surface area contributed by atoms with Crippen LogP contribution in [0.4, 0.5) is 8.78 Å². The van der Waals surface area contributed by atoms with E-state index in [1.165, 1.54) is 0 Å². The highest BCUT2D eigenvalue weighted by Gasteiger charge is 2.38. The first-order chi connectivity index (χ1) is 6.88. The van der Waals surface area contributed by atoms with Crippen molar-refractivity contribution in [3.05, 3.63) is 23.8 Å². The molecule has 16 heavy (non-hydrogen) atoms. The molecule has 0 saturated carbocycles. The zero-order valence-corrected chi connectivity index (χ0v) is 8.92. The number of nitrogens with two attached hydrogens (primary N) is 1. The van der Waals surface area contributed by atoms with Crippen molar-refractivity contribution in [2.45, 2.75) is 12.0 Å². The number of benzene rings is 1. The van der Waals surface area contributed by atoms with E-state index in [0.29, 0.717) is 0 Å². The first-order valence-corrected chi connectivity index (χ1v) is 4.14. The van der Waals surface area contributed by atoms with Gasteiger partial charge in [0, 0.05) is 11.6 Å². The van der Waals surface area contributed by atoms with Crippen LogP contribution in [0.25, 0.3) is 0 Å². The van der Waals surface area contributed by atoms with Crippen LogP contribution in [-0.4, -0.2) is 27.8 Å². The summed E-state index contributed by atoms with van der Waals surface area (Å²) in [6, 6.07) is 1.30. The summed E-state index contributed by atoms with van der Waals surface area (Å²) in [6.07, 6.45) is 0. The first kappa shape index (κ1) is 14.9. The summed E-state index contributed by atoms with van der Waals surface area (Å²) in [5.41, 5.74) is 4.95. The minimum atomic E-state index is -3.52. The first-order valence-electron chi connectivity index (χ1n) is 4.14. The molecule has 0 aliphatic rings. The lowest BCUT2D eigenvalue weighted by Crippen LogP contribution is -2.36. The lowest BCUT2D eigenvalue weighted by molar-refractivity contribution is -0.0716. The Labute approximate surface area is 96.7 Å². The molecule has 1 aromatic rings. The predicted octanol–water partition coefficient (Wildman–Crippen LogP) is 1.15. The van der Waals surface area contributed by atoms with Crippen molar-refractivity contribution in [2.24, 2.45) is 5.73 Å². The van der Waals surface area contributed by atoms with Crippen LogP contribution in [0.5, 0.6) is 11.5 Å². The van der Waals surface area contributed by atoms with Crippen LogP contribution >= 0.6 is 12.4 Å². The maximum Gasteiger partial charge on any atom is 0.289 e. The third-order valence-electron chi connectivity index (χ3n) is 2.01. The average Bonchev–Trinajstić information content (AvgIpc) is 2.17. The van der Waals surface area contributed by atoms with E-state index in [1.807, 2.05) is 0 Å². The molecule has 92 valence electrons. The molecule has 1 aromatic carbocycles. The Hall–Kier alpha value is -1.11.